The molecular weight excluding hydrogens is 342 g/mol. The second-order valence-corrected chi connectivity index (χ2v) is 7.53. The van der Waals surface area contributed by atoms with Crippen molar-refractivity contribution in [2.75, 3.05) is 5.32 Å². The number of hydrogen-bond acceptors (Lipinski definition) is 4. The van der Waals surface area contributed by atoms with Crippen molar-refractivity contribution in [2.45, 2.75) is 26.3 Å². The van der Waals surface area contributed by atoms with Gasteiger partial charge in [0.15, 0.2) is 5.11 Å². The molecule has 0 radical (unpaired) electrons. The van der Waals surface area contributed by atoms with Crippen LogP contribution in [0.25, 0.3) is 0 Å². The number of thiophene rings is 1. The van der Waals surface area contributed by atoms with Gasteiger partial charge in [0.1, 0.15) is 0 Å². The van der Waals surface area contributed by atoms with Crippen LogP contribution in [0.5, 0.6) is 0 Å². The van der Waals surface area contributed by atoms with Gasteiger partial charge in [0.05, 0.1) is 4.88 Å². The monoisotopic (exact) mass is 361 g/mol. The topological polar surface area (TPSA) is 70.2 Å². The van der Waals surface area contributed by atoms with E-state index in [9.17, 15) is 9.59 Å². The van der Waals surface area contributed by atoms with Crippen LogP contribution in [0.15, 0.2) is 41.8 Å². The minimum atomic E-state index is -0.315. The average Bonchev–Trinajstić information content (AvgIpc) is 2.99. The van der Waals surface area contributed by atoms with Gasteiger partial charge < -0.3 is 10.6 Å². The third-order valence-electron chi connectivity index (χ3n) is 2.84. The minimum absolute atomic E-state index is 0.167. The molecule has 2 rings (SSSR count). The Labute approximate surface area is 150 Å². The minimum Gasteiger partial charge on any atom is -0.347 e. The predicted molar refractivity (Wildman–Crippen MR) is 102 cm³/mol. The molecule has 0 bridgehead atoms. The van der Waals surface area contributed by atoms with Crippen molar-refractivity contribution in [1.82, 2.24) is 10.6 Å². The summed E-state index contributed by atoms with van der Waals surface area (Å²) in [6.07, 6.45) is 0. The number of nitrogens with one attached hydrogen (secondary N) is 3. The molecule has 0 saturated carbocycles. The zero-order chi connectivity index (χ0) is 17.7. The first kappa shape index (κ1) is 18.1. The van der Waals surface area contributed by atoms with Crippen LogP contribution in [0.2, 0.25) is 0 Å². The van der Waals surface area contributed by atoms with Crippen molar-refractivity contribution >= 4 is 46.2 Å². The van der Waals surface area contributed by atoms with Crippen molar-refractivity contribution in [3.8, 4) is 0 Å². The summed E-state index contributed by atoms with van der Waals surface area (Å²) in [6, 6.07) is 10.5. The molecule has 3 N–H and O–H groups in total. The Morgan fingerprint density at radius 3 is 2.46 bits per heavy atom. The van der Waals surface area contributed by atoms with Crippen LogP contribution in [-0.2, 0) is 0 Å². The number of thiocarbonyl (C=S) groups is 1. The number of carbonyl (C=O) groups excluding carboxylic acids is 2. The molecule has 24 heavy (non-hydrogen) atoms. The third-order valence-corrected chi connectivity index (χ3v) is 3.92. The fourth-order valence-electron chi connectivity index (χ4n) is 1.89. The number of amides is 2. The van der Waals surface area contributed by atoms with E-state index in [1.165, 1.54) is 11.3 Å². The van der Waals surface area contributed by atoms with Crippen molar-refractivity contribution < 1.29 is 9.59 Å². The van der Waals surface area contributed by atoms with Gasteiger partial charge in [-0.05, 0) is 62.6 Å². The van der Waals surface area contributed by atoms with Crippen LogP contribution in [0.3, 0.4) is 0 Å². The lowest BCUT2D eigenvalue weighted by atomic mass is 10.1. The highest BCUT2D eigenvalue weighted by atomic mass is 32.1. The van der Waals surface area contributed by atoms with Crippen molar-refractivity contribution in [3.63, 3.8) is 0 Å². The average molecular weight is 361 g/mol. The predicted octanol–water partition coefficient (Wildman–Crippen LogP) is 3.40. The maximum absolute atomic E-state index is 12.2. The summed E-state index contributed by atoms with van der Waals surface area (Å²) in [4.78, 5) is 24.7. The van der Waals surface area contributed by atoms with E-state index in [0.717, 1.165) is 0 Å². The molecule has 0 fully saturated rings. The first-order valence-corrected chi connectivity index (χ1v) is 8.62. The fraction of sp³-hybridized carbons (Fsp3) is 0.235. The van der Waals surface area contributed by atoms with Crippen molar-refractivity contribution in [1.29, 1.82) is 0 Å². The number of rotatable bonds is 3. The van der Waals surface area contributed by atoms with Crippen LogP contribution in [0.1, 0.15) is 40.8 Å². The summed E-state index contributed by atoms with van der Waals surface area (Å²) >= 11 is 6.48. The molecule has 5 nitrogen and oxygen atoms in total. The van der Waals surface area contributed by atoms with Gasteiger partial charge in [-0.1, -0.05) is 12.1 Å². The molecule has 1 aromatic carbocycles. The lowest BCUT2D eigenvalue weighted by Crippen LogP contribution is -2.40. The molecule has 1 heterocycles. The Bertz CT molecular complexity index is 749. The third kappa shape index (κ3) is 5.43. The van der Waals surface area contributed by atoms with E-state index in [-0.39, 0.29) is 22.5 Å². The largest absolute Gasteiger partial charge is 0.347 e. The standard InChI is InChI=1S/C17H19N3O2S2/c1-17(2,3)20-14(21)11-6-4-7-12(10-11)18-16(23)19-15(22)13-8-5-9-24-13/h4-10H,1-3H3,(H,20,21)(H2,18,19,22,23). The second kappa shape index (κ2) is 7.55. The fourth-order valence-corrected chi connectivity index (χ4v) is 2.72. The quantitative estimate of drug-likeness (QED) is 0.733. The van der Waals surface area contributed by atoms with Gasteiger partial charge in [0, 0.05) is 16.8 Å². The Morgan fingerprint density at radius 2 is 1.83 bits per heavy atom. The van der Waals surface area contributed by atoms with Crippen LogP contribution in [-0.4, -0.2) is 22.5 Å². The highest BCUT2D eigenvalue weighted by molar-refractivity contribution is 7.80. The first-order chi connectivity index (χ1) is 11.2. The highest BCUT2D eigenvalue weighted by Gasteiger charge is 2.15. The molecule has 1 aromatic heterocycles. The Balaban J connectivity index is 2.00. The molecule has 0 spiro atoms. The van der Waals surface area contributed by atoms with E-state index in [0.29, 0.717) is 16.1 Å². The number of hydrogen-bond donors (Lipinski definition) is 3. The number of benzene rings is 1. The molecule has 0 aliphatic rings. The molecule has 0 aliphatic heterocycles. The summed E-state index contributed by atoms with van der Waals surface area (Å²) in [5.74, 6) is -0.427. The molecule has 0 aliphatic carbocycles. The summed E-state index contributed by atoms with van der Waals surface area (Å²) < 4.78 is 0. The Morgan fingerprint density at radius 1 is 1.08 bits per heavy atom. The van der Waals surface area contributed by atoms with Crippen LogP contribution >= 0.6 is 23.6 Å². The van der Waals surface area contributed by atoms with E-state index in [1.54, 1.807) is 36.4 Å². The maximum atomic E-state index is 12.2. The van der Waals surface area contributed by atoms with Gasteiger partial charge in [-0.15, -0.1) is 11.3 Å². The van der Waals surface area contributed by atoms with E-state index < -0.39 is 0 Å². The molecule has 2 aromatic rings. The van der Waals surface area contributed by atoms with Gasteiger partial charge in [0.2, 0.25) is 0 Å². The molecule has 0 saturated heterocycles. The first-order valence-electron chi connectivity index (χ1n) is 7.33. The summed E-state index contributed by atoms with van der Waals surface area (Å²) in [5, 5.41) is 10.4. The summed E-state index contributed by atoms with van der Waals surface area (Å²) in [7, 11) is 0. The van der Waals surface area contributed by atoms with Gasteiger partial charge in [0.25, 0.3) is 11.8 Å². The highest BCUT2D eigenvalue weighted by Crippen LogP contribution is 2.13. The van der Waals surface area contributed by atoms with Crippen molar-refractivity contribution in [2.24, 2.45) is 0 Å². The van der Waals surface area contributed by atoms with Crippen LogP contribution in [0.4, 0.5) is 5.69 Å². The van der Waals surface area contributed by atoms with Gasteiger partial charge in [-0.2, -0.15) is 0 Å². The summed E-state index contributed by atoms with van der Waals surface area (Å²) in [6.45, 7) is 5.76. The molecular formula is C17H19N3O2S2. The van der Waals surface area contributed by atoms with Crippen molar-refractivity contribution in [3.05, 3.63) is 52.2 Å². The van der Waals surface area contributed by atoms with E-state index >= 15 is 0 Å². The van der Waals surface area contributed by atoms with Gasteiger partial charge in [-0.3, -0.25) is 14.9 Å². The molecule has 0 unspecified atom stereocenters. The number of carbonyl (C=O) groups is 2. The zero-order valence-electron chi connectivity index (χ0n) is 13.7. The summed E-state index contributed by atoms with van der Waals surface area (Å²) in [5.41, 5.74) is 0.833. The van der Waals surface area contributed by atoms with Crippen LogP contribution in [0, 0.1) is 0 Å². The lowest BCUT2D eigenvalue weighted by molar-refractivity contribution is 0.0918. The molecule has 126 valence electrons. The Kier molecular flexibility index (Phi) is 5.69. The van der Waals surface area contributed by atoms with Gasteiger partial charge >= 0.3 is 0 Å². The maximum Gasteiger partial charge on any atom is 0.267 e. The smallest absolute Gasteiger partial charge is 0.267 e. The zero-order valence-corrected chi connectivity index (χ0v) is 15.3. The number of anilines is 1. The lowest BCUT2D eigenvalue weighted by Gasteiger charge is -2.20. The second-order valence-electron chi connectivity index (χ2n) is 6.17. The normalized spacial score (nSPS) is 10.8. The van der Waals surface area contributed by atoms with Gasteiger partial charge in [-0.25, -0.2) is 0 Å². The van der Waals surface area contributed by atoms with Crippen LogP contribution < -0.4 is 16.0 Å². The van der Waals surface area contributed by atoms with E-state index in [1.807, 2.05) is 26.2 Å². The molecule has 7 heteroatoms. The molecule has 2 amide bonds. The van der Waals surface area contributed by atoms with E-state index in [2.05, 4.69) is 16.0 Å². The SMILES string of the molecule is CC(C)(C)NC(=O)c1cccc(NC(=S)NC(=O)c2cccs2)c1. The van der Waals surface area contributed by atoms with E-state index in [4.69, 9.17) is 12.2 Å². The Hall–Kier alpha value is -2.25. The molecule has 0 atom stereocenters.